The molecule has 0 saturated carbocycles. The van der Waals surface area contributed by atoms with Crippen LogP contribution in [0.4, 0.5) is 14.5 Å². The number of rotatable bonds is 5. The van der Waals surface area contributed by atoms with Crippen LogP contribution < -0.4 is 10.9 Å². The summed E-state index contributed by atoms with van der Waals surface area (Å²) in [5.74, 6) is -1.08. The summed E-state index contributed by atoms with van der Waals surface area (Å²) in [5, 5.41) is 4.84. The maximum atomic E-state index is 13.8. The zero-order valence-corrected chi connectivity index (χ0v) is 18.2. The summed E-state index contributed by atoms with van der Waals surface area (Å²) in [6.07, 6.45) is 0. The second kappa shape index (κ2) is 8.60. The third-order valence-electron chi connectivity index (χ3n) is 4.64. The Morgan fingerprint density at radius 1 is 1.13 bits per heavy atom. The van der Waals surface area contributed by atoms with Crippen LogP contribution in [-0.2, 0) is 4.79 Å². The Balaban J connectivity index is 1.65. The summed E-state index contributed by atoms with van der Waals surface area (Å²) in [6.45, 7) is 3.32. The number of fused-ring (bicyclic) bond motifs is 1. The molecule has 5 nitrogen and oxygen atoms in total. The van der Waals surface area contributed by atoms with E-state index in [0.29, 0.717) is 37.9 Å². The fourth-order valence-corrected chi connectivity index (χ4v) is 4.64. The molecule has 2 aromatic carbocycles. The molecule has 4 rings (SSSR count). The summed E-state index contributed by atoms with van der Waals surface area (Å²) in [7, 11) is 0. The largest absolute Gasteiger partial charge is 0.325 e. The van der Waals surface area contributed by atoms with Crippen molar-refractivity contribution >= 4 is 44.9 Å². The maximum Gasteiger partial charge on any atom is 0.276 e. The molecule has 2 aromatic heterocycles. The highest BCUT2D eigenvalue weighted by Gasteiger charge is 2.17. The summed E-state index contributed by atoms with van der Waals surface area (Å²) in [4.78, 5) is 30.1. The molecule has 0 radical (unpaired) electrons. The maximum absolute atomic E-state index is 13.8. The van der Waals surface area contributed by atoms with Gasteiger partial charge in [0, 0.05) is 5.69 Å². The number of anilines is 1. The van der Waals surface area contributed by atoms with Crippen molar-refractivity contribution in [1.82, 2.24) is 9.55 Å². The van der Waals surface area contributed by atoms with Crippen LogP contribution in [0.2, 0.25) is 0 Å². The zero-order valence-electron chi connectivity index (χ0n) is 16.6. The molecule has 0 aliphatic heterocycles. The number of hydrogen-bond acceptors (Lipinski definition) is 5. The van der Waals surface area contributed by atoms with Gasteiger partial charge in [-0.25, -0.2) is 13.8 Å². The lowest BCUT2D eigenvalue weighted by atomic mass is 10.2. The number of carbonyl (C=O) groups is 1. The van der Waals surface area contributed by atoms with Gasteiger partial charge in [0.1, 0.15) is 16.3 Å². The minimum absolute atomic E-state index is 0.0148. The van der Waals surface area contributed by atoms with Crippen molar-refractivity contribution in [3.8, 4) is 5.69 Å². The lowest BCUT2D eigenvalue weighted by molar-refractivity contribution is -0.113. The Hall–Kier alpha value is -3.04. The number of aryl methyl sites for hydroxylation is 2. The van der Waals surface area contributed by atoms with E-state index in [9.17, 15) is 18.4 Å². The Labute approximate surface area is 184 Å². The minimum atomic E-state index is -0.378. The summed E-state index contributed by atoms with van der Waals surface area (Å²) >= 11 is 2.38. The molecular formula is C22H17F2N3O2S2. The second-order valence-corrected chi connectivity index (χ2v) is 8.76. The Bertz CT molecular complexity index is 1360. The summed E-state index contributed by atoms with van der Waals surface area (Å²) < 4.78 is 28.9. The number of thioether (sulfide) groups is 1. The third kappa shape index (κ3) is 4.38. The zero-order chi connectivity index (χ0) is 22.1. The van der Waals surface area contributed by atoms with E-state index in [2.05, 4.69) is 10.3 Å². The number of amides is 1. The Morgan fingerprint density at radius 3 is 2.68 bits per heavy atom. The highest BCUT2D eigenvalue weighted by Crippen LogP contribution is 2.25. The topological polar surface area (TPSA) is 64.0 Å². The van der Waals surface area contributed by atoms with Crippen LogP contribution in [-0.4, -0.2) is 21.2 Å². The number of halogens is 2. The van der Waals surface area contributed by atoms with Crippen LogP contribution >= 0.6 is 23.1 Å². The molecule has 0 atom stereocenters. The first-order valence-electron chi connectivity index (χ1n) is 9.29. The van der Waals surface area contributed by atoms with E-state index >= 15 is 0 Å². The number of nitrogens with one attached hydrogen (secondary N) is 1. The molecule has 1 N–H and O–H groups in total. The highest BCUT2D eigenvalue weighted by molar-refractivity contribution is 7.99. The van der Waals surface area contributed by atoms with E-state index in [0.717, 1.165) is 11.8 Å². The first kappa shape index (κ1) is 21.2. The average Bonchev–Trinajstić information content (AvgIpc) is 3.20. The van der Waals surface area contributed by atoms with Gasteiger partial charge in [0.25, 0.3) is 5.56 Å². The van der Waals surface area contributed by atoms with Gasteiger partial charge in [-0.15, -0.1) is 11.3 Å². The molecule has 0 bridgehead atoms. The van der Waals surface area contributed by atoms with Gasteiger partial charge < -0.3 is 5.32 Å². The molecule has 4 aromatic rings. The van der Waals surface area contributed by atoms with Crippen molar-refractivity contribution in [2.75, 3.05) is 11.1 Å². The molecule has 0 unspecified atom stereocenters. The third-order valence-corrected chi connectivity index (χ3v) is 6.47. The first-order chi connectivity index (χ1) is 14.8. The Morgan fingerprint density at radius 2 is 1.94 bits per heavy atom. The van der Waals surface area contributed by atoms with Crippen molar-refractivity contribution < 1.29 is 13.6 Å². The van der Waals surface area contributed by atoms with Gasteiger partial charge in [-0.05, 0) is 72.8 Å². The van der Waals surface area contributed by atoms with Crippen LogP contribution in [0, 0.1) is 25.5 Å². The molecule has 0 aliphatic carbocycles. The molecule has 0 spiro atoms. The van der Waals surface area contributed by atoms with Crippen molar-refractivity contribution in [2.24, 2.45) is 0 Å². The lowest BCUT2D eigenvalue weighted by Crippen LogP contribution is -2.22. The van der Waals surface area contributed by atoms with Crippen LogP contribution in [0.25, 0.3) is 15.9 Å². The molecule has 158 valence electrons. The van der Waals surface area contributed by atoms with E-state index in [-0.39, 0.29) is 28.9 Å². The van der Waals surface area contributed by atoms with Crippen molar-refractivity contribution in [2.45, 2.75) is 19.0 Å². The normalized spacial score (nSPS) is 11.1. The van der Waals surface area contributed by atoms with E-state index in [1.54, 1.807) is 31.4 Å². The van der Waals surface area contributed by atoms with Crippen LogP contribution in [0.15, 0.2) is 57.8 Å². The number of carbonyl (C=O) groups excluding carboxylic acids is 1. The van der Waals surface area contributed by atoms with E-state index in [4.69, 9.17) is 0 Å². The monoisotopic (exact) mass is 457 g/mol. The quantitative estimate of drug-likeness (QED) is 0.336. The van der Waals surface area contributed by atoms with Gasteiger partial charge >= 0.3 is 0 Å². The average molecular weight is 458 g/mol. The summed E-state index contributed by atoms with van der Waals surface area (Å²) in [6, 6.07) is 10.2. The SMILES string of the molecule is Cc1cc(-n2c(SCC(=O)Nc3ccc(F)cc3C)nc3ccsc3c2=O)ccc1F. The standard InChI is InChI=1S/C22H17F2N3O2S2/c1-12-10-15(4-5-16(12)24)27-21(29)20-18(7-8-30-20)26-22(27)31-11-19(28)25-17-6-3-14(23)9-13(17)2/h3-10H,11H2,1-2H3,(H,25,28). The Kier molecular flexibility index (Phi) is 5.88. The fraction of sp³-hybridized carbons (Fsp3) is 0.136. The van der Waals surface area contributed by atoms with Crippen LogP contribution in [0.3, 0.4) is 0 Å². The number of hydrogen-bond donors (Lipinski definition) is 1. The molecule has 31 heavy (non-hydrogen) atoms. The second-order valence-electron chi connectivity index (χ2n) is 6.90. The van der Waals surface area contributed by atoms with Crippen molar-refractivity contribution in [1.29, 1.82) is 0 Å². The van der Waals surface area contributed by atoms with Gasteiger partial charge in [0.2, 0.25) is 5.91 Å². The molecule has 0 fully saturated rings. The van der Waals surface area contributed by atoms with Gasteiger partial charge in [0.15, 0.2) is 5.16 Å². The van der Waals surface area contributed by atoms with E-state index < -0.39 is 0 Å². The van der Waals surface area contributed by atoms with Crippen LogP contribution in [0.1, 0.15) is 11.1 Å². The van der Waals surface area contributed by atoms with E-state index in [1.165, 1.54) is 46.2 Å². The molecule has 9 heteroatoms. The predicted molar refractivity (Wildman–Crippen MR) is 120 cm³/mol. The number of nitrogens with zero attached hydrogens (tertiary/aromatic N) is 2. The number of aromatic nitrogens is 2. The van der Waals surface area contributed by atoms with Crippen molar-refractivity contribution in [3.63, 3.8) is 0 Å². The van der Waals surface area contributed by atoms with Gasteiger partial charge in [-0.3, -0.25) is 14.2 Å². The molecule has 1 amide bonds. The minimum Gasteiger partial charge on any atom is -0.325 e. The number of benzene rings is 2. The smallest absolute Gasteiger partial charge is 0.276 e. The molecule has 0 saturated heterocycles. The van der Waals surface area contributed by atoms with Crippen molar-refractivity contribution in [3.05, 3.63) is 81.0 Å². The molecule has 0 aliphatic rings. The van der Waals surface area contributed by atoms with Gasteiger partial charge in [0.05, 0.1) is 17.0 Å². The van der Waals surface area contributed by atoms with Gasteiger partial charge in [-0.2, -0.15) is 0 Å². The molecular weight excluding hydrogens is 440 g/mol. The number of thiophene rings is 1. The lowest BCUT2D eigenvalue weighted by Gasteiger charge is -2.13. The first-order valence-corrected chi connectivity index (χ1v) is 11.2. The summed E-state index contributed by atoms with van der Waals surface area (Å²) in [5.41, 5.74) is 2.26. The fourth-order valence-electron chi connectivity index (χ4n) is 3.07. The van der Waals surface area contributed by atoms with Gasteiger partial charge in [-0.1, -0.05) is 11.8 Å². The molecule has 2 heterocycles. The highest BCUT2D eigenvalue weighted by atomic mass is 32.2. The van der Waals surface area contributed by atoms with Crippen LogP contribution in [0.5, 0.6) is 0 Å². The predicted octanol–water partition coefficient (Wildman–Crippen LogP) is 5.07. The van der Waals surface area contributed by atoms with E-state index in [1.807, 2.05) is 0 Å².